The van der Waals surface area contributed by atoms with Crippen LogP contribution < -0.4 is 5.48 Å². The number of carbonyl (C=O) groups is 1. The fourth-order valence-corrected chi connectivity index (χ4v) is 0.185. The highest BCUT2D eigenvalue weighted by atomic mass is 16.7. The second-order valence-electron chi connectivity index (χ2n) is 1.47. The topological polar surface area (TPSA) is 58.6 Å². The van der Waals surface area contributed by atoms with Crippen LogP contribution in [0.1, 0.15) is 6.92 Å². The molecule has 0 bridgehead atoms. The van der Waals surface area contributed by atoms with Crippen LogP contribution in [0.15, 0.2) is 12.2 Å². The Morgan fingerprint density at radius 2 is 2.44 bits per heavy atom. The Morgan fingerprint density at radius 3 is 2.78 bits per heavy atom. The number of hydrogen-bond acceptors (Lipinski definition) is 4. The van der Waals surface area contributed by atoms with Crippen LogP contribution in [0.3, 0.4) is 0 Å². The van der Waals surface area contributed by atoms with Gasteiger partial charge in [0.2, 0.25) is 0 Å². The van der Waals surface area contributed by atoms with E-state index in [4.69, 9.17) is 5.11 Å². The standard InChI is InChI=1S/C5H9NO3/c1-4(2)5(8)9-6-3-7/h6-7H,1,3H2,2H3. The third kappa shape index (κ3) is 3.69. The van der Waals surface area contributed by atoms with Gasteiger partial charge in [-0.3, -0.25) is 0 Å². The van der Waals surface area contributed by atoms with Crippen LogP contribution in [0.4, 0.5) is 0 Å². The zero-order chi connectivity index (χ0) is 7.28. The van der Waals surface area contributed by atoms with Gasteiger partial charge >= 0.3 is 5.97 Å². The summed E-state index contributed by atoms with van der Waals surface area (Å²) in [5.74, 6) is -0.566. The number of hydrogen-bond donors (Lipinski definition) is 2. The van der Waals surface area contributed by atoms with Gasteiger partial charge in [0, 0.05) is 5.57 Å². The van der Waals surface area contributed by atoms with Crippen LogP contribution >= 0.6 is 0 Å². The summed E-state index contributed by atoms with van der Waals surface area (Å²) in [4.78, 5) is 14.6. The van der Waals surface area contributed by atoms with Crippen molar-refractivity contribution < 1.29 is 14.7 Å². The zero-order valence-electron chi connectivity index (χ0n) is 5.18. The minimum atomic E-state index is -0.566. The number of hydroxylamine groups is 1. The first-order valence-electron chi connectivity index (χ1n) is 2.39. The van der Waals surface area contributed by atoms with Crippen LogP contribution in [0, 0.1) is 0 Å². The molecular formula is C5H9NO3. The van der Waals surface area contributed by atoms with E-state index in [9.17, 15) is 4.79 Å². The predicted octanol–water partition coefficient (Wildman–Crippen LogP) is -0.440. The van der Waals surface area contributed by atoms with E-state index in [1.54, 1.807) is 0 Å². The molecule has 4 nitrogen and oxygen atoms in total. The summed E-state index contributed by atoms with van der Waals surface area (Å²) in [5, 5.41) is 8.08. The number of aliphatic hydroxyl groups excluding tert-OH is 1. The van der Waals surface area contributed by atoms with Crippen molar-refractivity contribution in [3.8, 4) is 0 Å². The van der Waals surface area contributed by atoms with Gasteiger partial charge in [-0.25, -0.2) is 4.79 Å². The summed E-state index contributed by atoms with van der Waals surface area (Å²) in [7, 11) is 0. The van der Waals surface area contributed by atoms with Crippen LogP contribution in [-0.2, 0) is 9.63 Å². The van der Waals surface area contributed by atoms with E-state index < -0.39 is 5.97 Å². The fourth-order valence-electron chi connectivity index (χ4n) is 0.185. The minimum absolute atomic E-state index is 0.288. The summed E-state index contributed by atoms with van der Waals surface area (Å²) < 4.78 is 0. The van der Waals surface area contributed by atoms with Gasteiger partial charge in [0.15, 0.2) is 0 Å². The molecule has 0 aliphatic rings. The highest BCUT2D eigenvalue weighted by Gasteiger charge is 2.00. The second-order valence-corrected chi connectivity index (χ2v) is 1.47. The molecule has 0 spiro atoms. The third-order valence-corrected chi connectivity index (χ3v) is 0.578. The van der Waals surface area contributed by atoms with E-state index in [0.29, 0.717) is 0 Å². The Balaban J connectivity index is 3.39. The predicted molar refractivity (Wildman–Crippen MR) is 31.1 cm³/mol. The molecule has 0 radical (unpaired) electrons. The SMILES string of the molecule is C=C(C)C(=O)ONCO. The average molecular weight is 131 g/mol. The van der Waals surface area contributed by atoms with Crippen LogP contribution in [0.5, 0.6) is 0 Å². The quantitative estimate of drug-likeness (QED) is 0.310. The van der Waals surface area contributed by atoms with Gasteiger partial charge in [-0.2, -0.15) is 0 Å². The lowest BCUT2D eigenvalue weighted by Gasteiger charge is -1.99. The molecule has 0 fully saturated rings. The van der Waals surface area contributed by atoms with Gasteiger partial charge in [0.05, 0.1) is 0 Å². The van der Waals surface area contributed by atoms with Crippen LogP contribution in [0.25, 0.3) is 0 Å². The molecule has 0 aromatic heterocycles. The highest BCUT2D eigenvalue weighted by Crippen LogP contribution is 1.87. The maximum absolute atomic E-state index is 10.4. The molecule has 52 valence electrons. The Kier molecular flexibility index (Phi) is 3.66. The third-order valence-electron chi connectivity index (χ3n) is 0.578. The molecule has 4 heteroatoms. The lowest BCUT2D eigenvalue weighted by atomic mass is 10.4. The smallest absolute Gasteiger partial charge is 0.351 e. The van der Waals surface area contributed by atoms with Crippen molar-refractivity contribution in [2.75, 3.05) is 6.73 Å². The molecule has 0 heterocycles. The van der Waals surface area contributed by atoms with Crippen molar-refractivity contribution in [3.05, 3.63) is 12.2 Å². The Hall–Kier alpha value is -0.870. The van der Waals surface area contributed by atoms with Gasteiger partial charge in [0.1, 0.15) is 6.73 Å². The highest BCUT2D eigenvalue weighted by molar-refractivity contribution is 5.86. The molecule has 0 atom stereocenters. The molecule has 0 amide bonds. The summed E-state index contributed by atoms with van der Waals surface area (Å²) in [6, 6.07) is 0. The Morgan fingerprint density at radius 1 is 1.89 bits per heavy atom. The molecule has 0 rings (SSSR count). The number of rotatable bonds is 3. The van der Waals surface area contributed by atoms with Gasteiger partial charge in [0.25, 0.3) is 0 Å². The van der Waals surface area contributed by atoms with Gasteiger partial charge in [-0.15, -0.1) is 5.48 Å². The largest absolute Gasteiger partial charge is 0.378 e. The lowest BCUT2D eigenvalue weighted by Crippen LogP contribution is -2.20. The first-order chi connectivity index (χ1) is 4.18. The normalized spacial score (nSPS) is 8.67. The first-order valence-corrected chi connectivity index (χ1v) is 2.39. The molecule has 0 saturated heterocycles. The molecular weight excluding hydrogens is 122 g/mol. The second kappa shape index (κ2) is 4.05. The molecule has 0 aliphatic heterocycles. The van der Waals surface area contributed by atoms with E-state index in [0.717, 1.165) is 0 Å². The molecule has 0 aromatic rings. The summed E-state index contributed by atoms with van der Waals surface area (Å²) in [5.41, 5.74) is 2.26. The summed E-state index contributed by atoms with van der Waals surface area (Å²) in [6.07, 6.45) is 0. The Bertz CT molecular complexity index is 121. The van der Waals surface area contributed by atoms with Crippen molar-refractivity contribution >= 4 is 5.97 Å². The summed E-state index contributed by atoms with van der Waals surface area (Å²) in [6.45, 7) is 4.44. The molecule has 0 saturated carbocycles. The molecule has 0 aliphatic carbocycles. The van der Waals surface area contributed by atoms with Gasteiger partial charge < -0.3 is 9.94 Å². The zero-order valence-corrected chi connectivity index (χ0v) is 5.18. The fraction of sp³-hybridized carbons (Fsp3) is 0.400. The summed E-state index contributed by atoms with van der Waals surface area (Å²) >= 11 is 0. The Labute approximate surface area is 53.1 Å². The number of carbonyl (C=O) groups excluding carboxylic acids is 1. The van der Waals surface area contributed by atoms with E-state index >= 15 is 0 Å². The van der Waals surface area contributed by atoms with Crippen LogP contribution in [0.2, 0.25) is 0 Å². The monoisotopic (exact) mass is 131 g/mol. The molecule has 2 N–H and O–H groups in total. The lowest BCUT2D eigenvalue weighted by molar-refractivity contribution is -0.149. The maximum atomic E-state index is 10.4. The van der Waals surface area contributed by atoms with Crippen molar-refractivity contribution in [3.63, 3.8) is 0 Å². The number of nitrogens with one attached hydrogen (secondary N) is 1. The maximum Gasteiger partial charge on any atom is 0.351 e. The van der Waals surface area contributed by atoms with E-state index in [-0.39, 0.29) is 12.3 Å². The minimum Gasteiger partial charge on any atom is -0.378 e. The van der Waals surface area contributed by atoms with Crippen molar-refractivity contribution in [1.82, 2.24) is 5.48 Å². The van der Waals surface area contributed by atoms with Crippen molar-refractivity contribution in [1.29, 1.82) is 0 Å². The molecule has 0 unspecified atom stereocenters. The van der Waals surface area contributed by atoms with Crippen molar-refractivity contribution in [2.24, 2.45) is 0 Å². The molecule has 9 heavy (non-hydrogen) atoms. The van der Waals surface area contributed by atoms with Crippen molar-refractivity contribution in [2.45, 2.75) is 6.92 Å². The first kappa shape index (κ1) is 8.13. The van der Waals surface area contributed by atoms with Gasteiger partial charge in [-0.05, 0) is 6.92 Å². The number of aliphatic hydroxyl groups is 1. The molecule has 0 aromatic carbocycles. The van der Waals surface area contributed by atoms with E-state index in [2.05, 4.69) is 11.4 Å². The van der Waals surface area contributed by atoms with Crippen LogP contribution in [-0.4, -0.2) is 17.8 Å². The van der Waals surface area contributed by atoms with E-state index in [1.165, 1.54) is 6.92 Å². The van der Waals surface area contributed by atoms with Gasteiger partial charge in [-0.1, -0.05) is 6.58 Å². The van der Waals surface area contributed by atoms with E-state index in [1.807, 2.05) is 5.48 Å². The average Bonchev–Trinajstić information content (AvgIpc) is 1.82.